The molecule has 0 saturated carbocycles. The molecule has 2 heterocycles. The molecule has 0 unspecified atom stereocenters. The highest BCUT2D eigenvalue weighted by molar-refractivity contribution is 5.27. The van der Waals surface area contributed by atoms with Gasteiger partial charge in [-0.3, -0.25) is 4.90 Å². The number of unbranched alkanes of at least 4 members (excludes halogenated alkanes) is 1. The van der Waals surface area contributed by atoms with Gasteiger partial charge in [0.25, 0.3) is 0 Å². The fraction of sp³-hybridized carbons (Fsp3) is 0.556. The molecule has 0 aliphatic rings. The zero-order valence-corrected chi connectivity index (χ0v) is 21.3. The molecule has 7 nitrogen and oxygen atoms in total. The lowest BCUT2D eigenvalue weighted by Crippen LogP contribution is -2.27. The van der Waals surface area contributed by atoms with E-state index in [-0.39, 0.29) is 0 Å². The number of nitrogens with zero attached hydrogens (tertiary/aromatic N) is 5. The molecule has 0 amide bonds. The molecule has 186 valence electrons. The molecular weight excluding hydrogens is 422 g/mol. The van der Waals surface area contributed by atoms with Gasteiger partial charge in [-0.15, -0.1) is 0 Å². The quantitative estimate of drug-likeness (QED) is 0.290. The minimum absolute atomic E-state index is 0.758. The molecular formula is C27H43N7. The van der Waals surface area contributed by atoms with Crippen LogP contribution < -0.4 is 5.32 Å². The van der Waals surface area contributed by atoms with Crippen LogP contribution in [0.1, 0.15) is 62.3 Å². The smallest absolute Gasteiger partial charge is 0.122 e. The lowest BCUT2D eigenvalue weighted by atomic mass is 10.1. The van der Waals surface area contributed by atoms with Crippen LogP contribution in [0.25, 0.3) is 0 Å². The van der Waals surface area contributed by atoms with Crippen LogP contribution in [-0.4, -0.2) is 55.5 Å². The van der Waals surface area contributed by atoms with Crippen LogP contribution in [0.4, 0.5) is 0 Å². The van der Waals surface area contributed by atoms with Crippen molar-refractivity contribution in [2.24, 2.45) is 7.05 Å². The molecule has 0 aliphatic heterocycles. The summed E-state index contributed by atoms with van der Waals surface area (Å²) in [6, 6.07) is 8.78. The number of nitrogens with one attached hydrogen (secondary N) is 2. The molecule has 1 aromatic carbocycles. The Morgan fingerprint density at radius 1 is 0.882 bits per heavy atom. The standard InChI is InChI=1S/C27H43N7/c1-4-16-33(17-5-2)18-9-8-12-28-20-24-10-6-7-11-25(24)21-34(22-26-29-13-14-30-26)23-27-31-15-19-32(27)3/h6-7,10-11,13-15,19,28H,4-5,8-9,12,16-18,20-23H2,1-3H3,(H,29,30). The third-order valence-corrected chi connectivity index (χ3v) is 6.20. The maximum Gasteiger partial charge on any atom is 0.122 e. The van der Waals surface area contributed by atoms with E-state index in [0.717, 1.165) is 44.4 Å². The van der Waals surface area contributed by atoms with Crippen LogP contribution in [0.15, 0.2) is 49.1 Å². The number of hydrogen-bond donors (Lipinski definition) is 2. The van der Waals surface area contributed by atoms with Crippen molar-refractivity contribution in [3.05, 3.63) is 71.8 Å². The van der Waals surface area contributed by atoms with Crippen molar-refractivity contribution in [2.45, 2.75) is 65.7 Å². The summed E-state index contributed by atoms with van der Waals surface area (Å²) in [5.74, 6) is 2.03. The molecule has 0 fully saturated rings. The molecule has 2 N–H and O–H groups in total. The fourth-order valence-corrected chi connectivity index (χ4v) is 4.41. The number of H-pyrrole nitrogens is 1. The molecule has 0 spiro atoms. The van der Waals surface area contributed by atoms with Gasteiger partial charge in [-0.25, -0.2) is 9.97 Å². The van der Waals surface area contributed by atoms with Gasteiger partial charge in [-0.05, 0) is 63.0 Å². The van der Waals surface area contributed by atoms with Crippen molar-refractivity contribution in [3.63, 3.8) is 0 Å². The Kier molecular flexibility index (Phi) is 11.3. The number of aryl methyl sites for hydroxylation is 1. The maximum atomic E-state index is 4.54. The highest BCUT2D eigenvalue weighted by Crippen LogP contribution is 2.16. The summed E-state index contributed by atoms with van der Waals surface area (Å²) in [4.78, 5) is 17.2. The first-order chi connectivity index (χ1) is 16.7. The second-order valence-corrected chi connectivity index (χ2v) is 9.13. The third kappa shape index (κ3) is 8.70. The van der Waals surface area contributed by atoms with E-state index in [1.165, 1.54) is 56.4 Å². The van der Waals surface area contributed by atoms with E-state index in [2.05, 4.69) is 79.8 Å². The van der Waals surface area contributed by atoms with Crippen molar-refractivity contribution in [1.82, 2.24) is 34.6 Å². The Labute approximate surface area is 205 Å². The normalized spacial score (nSPS) is 11.7. The summed E-state index contributed by atoms with van der Waals surface area (Å²) in [7, 11) is 2.05. The minimum atomic E-state index is 0.758. The predicted molar refractivity (Wildman–Crippen MR) is 139 cm³/mol. The van der Waals surface area contributed by atoms with E-state index in [9.17, 15) is 0 Å². The second-order valence-electron chi connectivity index (χ2n) is 9.13. The minimum Gasteiger partial charge on any atom is -0.348 e. The first kappa shape index (κ1) is 26.1. The van der Waals surface area contributed by atoms with Crippen LogP contribution in [-0.2, 0) is 33.2 Å². The number of aromatic nitrogens is 4. The van der Waals surface area contributed by atoms with E-state index >= 15 is 0 Å². The Hall–Kier alpha value is -2.48. The number of hydrogen-bond acceptors (Lipinski definition) is 5. The van der Waals surface area contributed by atoms with Crippen molar-refractivity contribution < 1.29 is 0 Å². The van der Waals surface area contributed by atoms with Gasteiger partial charge in [0, 0.05) is 44.9 Å². The van der Waals surface area contributed by atoms with Crippen molar-refractivity contribution in [2.75, 3.05) is 26.2 Å². The van der Waals surface area contributed by atoms with Gasteiger partial charge in [0.1, 0.15) is 11.6 Å². The van der Waals surface area contributed by atoms with Gasteiger partial charge in [-0.1, -0.05) is 38.1 Å². The lowest BCUT2D eigenvalue weighted by Gasteiger charge is -2.23. The summed E-state index contributed by atoms with van der Waals surface area (Å²) < 4.78 is 2.09. The number of rotatable bonds is 17. The number of imidazole rings is 2. The van der Waals surface area contributed by atoms with E-state index in [1.54, 1.807) is 0 Å². The Bertz CT molecular complexity index is 913. The zero-order valence-electron chi connectivity index (χ0n) is 21.3. The molecule has 3 aromatic rings. The third-order valence-electron chi connectivity index (χ3n) is 6.20. The SMILES string of the molecule is CCCN(CCC)CCCCNCc1ccccc1CN(Cc1ncc[nH]1)Cc1nccn1C. The second kappa shape index (κ2) is 14.7. The van der Waals surface area contributed by atoms with E-state index in [4.69, 9.17) is 0 Å². The molecule has 0 saturated heterocycles. The van der Waals surface area contributed by atoms with Gasteiger partial charge in [-0.2, -0.15) is 0 Å². The summed E-state index contributed by atoms with van der Waals surface area (Å²) in [6.07, 6.45) is 12.5. The summed E-state index contributed by atoms with van der Waals surface area (Å²) in [6.45, 7) is 12.6. The van der Waals surface area contributed by atoms with Crippen molar-refractivity contribution >= 4 is 0 Å². The molecule has 0 bridgehead atoms. The molecule has 0 aliphatic carbocycles. The predicted octanol–water partition coefficient (Wildman–Crippen LogP) is 4.34. The van der Waals surface area contributed by atoms with E-state index in [0.29, 0.717) is 0 Å². The molecule has 34 heavy (non-hydrogen) atoms. The first-order valence-corrected chi connectivity index (χ1v) is 12.9. The molecule has 7 heteroatoms. The van der Waals surface area contributed by atoms with Gasteiger partial charge in [0.05, 0.1) is 13.1 Å². The topological polar surface area (TPSA) is 65.0 Å². The largest absolute Gasteiger partial charge is 0.348 e. The van der Waals surface area contributed by atoms with Crippen molar-refractivity contribution in [3.8, 4) is 0 Å². The highest BCUT2D eigenvalue weighted by atomic mass is 15.2. The Balaban J connectivity index is 1.52. The van der Waals surface area contributed by atoms with Crippen LogP contribution >= 0.6 is 0 Å². The van der Waals surface area contributed by atoms with E-state index < -0.39 is 0 Å². The average molecular weight is 466 g/mol. The summed E-state index contributed by atoms with van der Waals surface area (Å²) >= 11 is 0. The van der Waals surface area contributed by atoms with Crippen molar-refractivity contribution in [1.29, 1.82) is 0 Å². The van der Waals surface area contributed by atoms with Crippen LogP contribution in [0.5, 0.6) is 0 Å². The summed E-state index contributed by atoms with van der Waals surface area (Å²) in [5, 5.41) is 3.68. The Morgan fingerprint density at radius 2 is 1.68 bits per heavy atom. The van der Waals surface area contributed by atoms with Gasteiger partial charge in [0.2, 0.25) is 0 Å². The zero-order chi connectivity index (χ0) is 24.0. The van der Waals surface area contributed by atoms with Gasteiger partial charge < -0.3 is 19.8 Å². The van der Waals surface area contributed by atoms with E-state index in [1.807, 2.05) is 24.8 Å². The summed E-state index contributed by atoms with van der Waals surface area (Å²) in [5.41, 5.74) is 2.72. The van der Waals surface area contributed by atoms with Crippen LogP contribution in [0, 0.1) is 0 Å². The average Bonchev–Trinajstić information content (AvgIpc) is 3.49. The number of aromatic amines is 1. The van der Waals surface area contributed by atoms with Gasteiger partial charge >= 0.3 is 0 Å². The maximum absolute atomic E-state index is 4.54. The first-order valence-electron chi connectivity index (χ1n) is 12.9. The highest BCUT2D eigenvalue weighted by Gasteiger charge is 2.14. The molecule has 0 atom stereocenters. The lowest BCUT2D eigenvalue weighted by molar-refractivity contribution is 0.232. The molecule has 3 rings (SSSR count). The van der Waals surface area contributed by atoms with Gasteiger partial charge in [0.15, 0.2) is 0 Å². The molecule has 2 aromatic heterocycles. The molecule has 0 radical (unpaired) electrons. The monoisotopic (exact) mass is 465 g/mol. The fourth-order valence-electron chi connectivity index (χ4n) is 4.41. The van der Waals surface area contributed by atoms with Crippen LogP contribution in [0.3, 0.4) is 0 Å². The number of benzene rings is 1. The Morgan fingerprint density at radius 3 is 2.35 bits per heavy atom. The van der Waals surface area contributed by atoms with Crippen LogP contribution in [0.2, 0.25) is 0 Å².